The van der Waals surface area contributed by atoms with Crippen LogP contribution in [0, 0.1) is 0 Å². The molecule has 0 unspecified atom stereocenters. The van der Waals surface area contributed by atoms with Crippen molar-refractivity contribution in [2.45, 2.75) is 13.8 Å². The van der Waals surface area contributed by atoms with Crippen molar-refractivity contribution in [1.29, 1.82) is 0 Å². The number of aliphatic imine (C=N–C) groups is 1. The van der Waals surface area contributed by atoms with E-state index < -0.39 is 11.9 Å². The number of hydrogen-bond donors (Lipinski definition) is 2. The lowest BCUT2D eigenvalue weighted by Crippen LogP contribution is -2.31. The van der Waals surface area contributed by atoms with Crippen LogP contribution in [0.25, 0.3) is 0 Å². The molecule has 0 atom stereocenters. The number of nitrogens with zero attached hydrogens (tertiary/aromatic N) is 2. The van der Waals surface area contributed by atoms with Gasteiger partial charge in [0.2, 0.25) is 0 Å². The van der Waals surface area contributed by atoms with Crippen molar-refractivity contribution in [3.8, 4) is 0 Å². The summed E-state index contributed by atoms with van der Waals surface area (Å²) >= 11 is 5.90. The zero-order valence-electron chi connectivity index (χ0n) is 12.0. The third-order valence-corrected chi connectivity index (χ3v) is 2.68. The number of carboxylic acid groups (broad SMARTS) is 2. The molecule has 0 amide bonds. The highest BCUT2D eigenvalue weighted by molar-refractivity contribution is 6.28. The van der Waals surface area contributed by atoms with Gasteiger partial charge in [-0.3, -0.25) is 0 Å². The van der Waals surface area contributed by atoms with Gasteiger partial charge in [-0.15, -0.1) is 11.6 Å². The van der Waals surface area contributed by atoms with Gasteiger partial charge in [0.25, 0.3) is 0 Å². The summed E-state index contributed by atoms with van der Waals surface area (Å²) in [4.78, 5) is 24.9. The number of amidine groups is 1. The summed E-state index contributed by atoms with van der Waals surface area (Å²) in [6, 6.07) is 9.91. The number of alkyl halides is 1. The van der Waals surface area contributed by atoms with Crippen LogP contribution in [0.2, 0.25) is 0 Å². The Hall–Kier alpha value is -2.08. The lowest BCUT2D eigenvalue weighted by molar-refractivity contribution is -0.159. The second-order valence-corrected chi connectivity index (χ2v) is 4.05. The zero-order chi connectivity index (χ0) is 16.3. The Kier molecular flexibility index (Phi) is 9.62. The fourth-order valence-electron chi connectivity index (χ4n) is 1.43. The molecule has 116 valence electrons. The first-order valence-electron chi connectivity index (χ1n) is 6.35. The third-order valence-electron chi connectivity index (χ3n) is 2.45. The van der Waals surface area contributed by atoms with Gasteiger partial charge in [-0.2, -0.15) is 0 Å². The van der Waals surface area contributed by atoms with Crippen LogP contribution < -0.4 is 0 Å². The van der Waals surface area contributed by atoms with E-state index in [0.29, 0.717) is 5.88 Å². The molecule has 0 saturated carbocycles. The minimum atomic E-state index is -1.82. The second kappa shape index (κ2) is 10.7. The van der Waals surface area contributed by atoms with Crippen LogP contribution in [0.5, 0.6) is 0 Å². The lowest BCUT2D eigenvalue weighted by Gasteiger charge is -2.21. The van der Waals surface area contributed by atoms with Gasteiger partial charge in [0.05, 0.1) is 11.6 Å². The maximum absolute atomic E-state index is 9.10. The molecule has 0 heterocycles. The van der Waals surface area contributed by atoms with Crippen LogP contribution in [0.15, 0.2) is 35.3 Å². The predicted octanol–water partition coefficient (Wildman–Crippen LogP) is 2.45. The number of para-hydroxylation sites is 1. The third kappa shape index (κ3) is 7.94. The largest absolute Gasteiger partial charge is 0.473 e. The van der Waals surface area contributed by atoms with Crippen LogP contribution in [0.4, 0.5) is 5.69 Å². The van der Waals surface area contributed by atoms with E-state index in [4.69, 9.17) is 31.4 Å². The van der Waals surface area contributed by atoms with E-state index >= 15 is 0 Å². The molecule has 0 bridgehead atoms. The predicted molar refractivity (Wildman–Crippen MR) is 82.4 cm³/mol. The summed E-state index contributed by atoms with van der Waals surface area (Å²) in [5.74, 6) is -2.26. The van der Waals surface area contributed by atoms with Gasteiger partial charge in [-0.05, 0) is 26.0 Å². The number of hydrogen-bond acceptors (Lipinski definition) is 3. The molecule has 0 fully saturated rings. The van der Waals surface area contributed by atoms with Gasteiger partial charge in [0.15, 0.2) is 0 Å². The Morgan fingerprint density at radius 2 is 1.57 bits per heavy atom. The number of carboxylic acids is 2. The molecule has 0 radical (unpaired) electrons. The lowest BCUT2D eigenvalue weighted by atomic mass is 10.3. The minimum absolute atomic E-state index is 0.455. The summed E-state index contributed by atoms with van der Waals surface area (Å²) in [6.45, 7) is 6.09. The monoisotopic (exact) mass is 314 g/mol. The molecule has 0 aliphatic carbocycles. The van der Waals surface area contributed by atoms with Crippen LogP contribution in [-0.4, -0.2) is 51.9 Å². The molecule has 21 heavy (non-hydrogen) atoms. The normalized spacial score (nSPS) is 10.3. The quantitative estimate of drug-likeness (QED) is 0.385. The highest BCUT2D eigenvalue weighted by Gasteiger charge is 2.05. The Balaban J connectivity index is 0.000000567. The van der Waals surface area contributed by atoms with Crippen molar-refractivity contribution >= 4 is 35.1 Å². The van der Waals surface area contributed by atoms with E-state index in [0.717, 1.165) is 24.6 Å². The zero-order valence-corrected chi connectivity index (χ0v) is 12.7. The average molecular weight is 315 g/mol. The molecular weight excluding hydrogens is 296 g/mol. The van der Waals surface area contributed by atoms with Gasteiger partial charge in [-0.1, -0.05) is 18.2 Å². The summed E-state index contributed by atoms with van der Waals surface area (Å²) < 4.78 is 0. The summed E-state index contributed by atoms with van der Waals surface area (Å²) in [5.41, 5.74) is 0.958. The van der Waals surface area contributed by atoms with E-state index in [1.807, 2.05) is 30.3 Å². The number of aliphatic carboxylic acids is 2. The SMILES string of the molecule is CCN(CC)C(CCl)=Nc1ccccc1.O=C(O)C(=O)O. The van der Waals surface area contributed by atoms with Crippen molar-refractivity contribution in [3.63, 3.8) is 0 Å². The Morgan fingerprint density at radius 1 is 1.10 bits per heavy atom. The number of benzene rings is 1. The first-order chi connectivity index (χ1) is 9.96. The number of halogens is 1. The molecular formula is C14H19ClN2O4. The molecule has 0 spiro atoms. The molecule has 6 nitrogen and oxygen atoms in total. The van der Waals surface area contributed by atoms with Crippen molar-refractivity contribution in [3.05, 3.63) is 30.3 Å². The van der Waals surface area contributed by atoms with Crippen molar-refractivity contribution in [2.75, 3.05) is 19.0 Å². The van der Waals surface area contributed by atoms with Crippen LogP contribution in [-0.2, 0) is 9.59 Å². The molecule has 1 aromatic carbocycles. The van der Waals surface area contributed by atoms with Gasteiger partial charge in [-0.25, -0.2) is 14.6 Å². The standard InChI is InChI=1S/C12H17ClN2.C2H2O4/c1-3-15(4-2)12(10-13)14-11-8-6-5-7-9-11;3-1(4)2(5)6/h5-9H,3-4,10H2,1-2H3;(H,3,4)(H,5,6). The van der Waals surface area contributed by atoms with E-state index in [9.17, 15) is 0 Å². The smallest absolute Gasteiger partial charge is 0.414 e. The summed E-state index contributed by atoms with van der Waals surface area (Å²) in [6.07, 6.45) is 0. The van der Waals surface area contributed by atoms with Crippen molar-refractivity contribution < 1.29 is 19.8 Å². The number of rotatable bonds is 4. The number of carbonyl (C=O) groups is 2. The van der Waals surface area contributed by atoms with Gasteiger partial charge in [0.1, 0.15) is 5.84 Å². The topological polar surface area (TPSA) is 90.2 Å². The Morgan fingerprint density at radius 3 is 1.90 bits per heavy atom. The molecule has 1 rings (SSSR count). The van der Waals surface area contributed by atoms with Gasteiger partial charge in [0, 0.05) is 13.1 Å². The average Bonchev–Trinajstić information content (AvgIpc) is 2.49. The Labute approximate surface area is 128 Å². The molecule has 1 aromatic rings. The fourth-order valence-corrected chi connectivity index (χ4v) is 1.65. The van der Waals surface area contributed by atoms with E-state index in [-0.39, 0.29) is 0 Å². The summed E-state index contributed by atoms with van der Waals surface area (Å²) in [5, 5.41) is 14.8. The van der Waals surface area contributed by atoms with E-state index in [1.165, 1.54) is 0 Å². The van der Waals surface area contributed by atoms with Crippen molar-refractivity contribution in [1.82, 2.24) is 4.90 Å². The fraction of sp³-hybridized carbons (Fsp3) is 0.357. The highest BCUT2D eigenvalue weighted by Crippen LogP contribution is 2.11. The molecule has 0 aromatic heterocycles. The minimum Gasteiger partial charge on any atom is -0.473 e. The molecule has 0 aliphatic heterocycles. The second-order valence-electron chi connectivity index (χ2n) is 3.78. The highest BCUT2D eigenvalue weighted by atomic mass is 35.5. The van der Waals surface area contributed by atoms with E-state index in [2.05, 4.69) is 23.7 Å². The molecule has 7 heteroatoms. The maximum atomic E-state index is 9.10. The first kappa shape index (κ1) is 18.9. The molecule has 0 saturated heterocycles. The van der Waals surface area contributed by atoms with Crippen LogP contribution in [0.1, 0.15) is 13.8 Å². The first-order valence-corrected chi connectivity index (χ1v) is 6.89. The summed E-state index contributed by atoms with van der Waals surface area (Å²) in [7, 11) is 0. The van der Waals surface area contributed by atoms with Crippen LogP contribution in [0.3, 0.4) is 0 Å². The van der Waals surface area contributed by atoms with Crippen LogP contribution >= 0.6 is 11.6 Å². The van der Waals surface area contributed by atoms with Gasteiger partial charge < -0.3 is 15.1 Å². The van der Waals surface area contributed by atoms with Gasteiger partial charge >= 0.3 is 11.9 Å². The maximum Gasteiger partial charge on any atom is 0.414 e. The molecule has 0 aliphatic rings. The Bertz CT molecular complexity index is 461. The van der Waals surface area contributed by atoms with Crippen molar-refractivity contribution in [2.24, 2.45) is 4.99 Å². The molecule has 2 N–H and O–H groups in total. The van der Waals surface area contributed by atoms with E-state index in [1.54, 1.807) is 0 Å².